The third-order valence-corrected chi connectivity index (χ3v) is 4.74. The minimum Gasteiger partial charge on any atom is -0.497 e. The molecule has 2 aliphatic heterocycles. The van der Waals surface area contributed by atoms with Gasteiger partial charge in [0, 0.05) is 22.8 Å². The van der Waals surface area contributed by atoms with Crippen molar-refractivity contribution >= 4 is 22.4 Å². The maximum absolute atomic E-state index is 6.23. The molecule has 1 atom stereocenters. The molecule has 3 heteroatoms. The van der Waals surface area contributed by atoms with Crippen LogP contribution in [0.5, 0.6) is 17.2 Å². The lowest BCUT2D eigenvalue weighted by Gasteiger charge is -2.33. The molecule has 24 heavy (non-hydrogen) atoms. The molecule has 0 unspecified atom stereocenters. The molecular weight excluding hydrogens is 300 g/mol. The van der Waals surface area contributed by atoms with Gasteiger partial charge in [-0.25, -0.2) is 0 Å². The van der Waals surface area contributed by atoms with E-state index in [0.29, 0.717) is 6.61 Å². The van der Waals surface area contributed by atoms with Gasteiger partial charge in [-0.05, 0) is 35.0 Å². The maximum Gasteiger partial charge on any atom is 0.158 e. The second-order valence-corrected chi connectivity index (χ2v) is 6.08. The van der Waals surface area contributed by atoms with E-state index in [-0.39, 0.29) is 6.10 Å². The van der Waals surface area contributed by atoms with Crippen molar-refractivity contribution in [1.82, 2.24) is 0 Å². The Hall–Kier alpha value is -2.94. The molecule has 3 aromatic rings. The highest BCUT2D eigenvalue weighted by Crippen LogP contribution is 2.43. The standard InChI is InChI=1S/C21H16O3/c1-22-14-7-8-16-18-11-17-15-5-3-2-4-13(15)6-9-19(17)24-21(18)12-23-20(16)10-14/h2-11,21H,12H2,1H3/t21-/m1/s1. The fraction of sp³-hybridized carbons (Fsp3) is 0.143. The summed E-state index contributed by atoms with van der Waals surface area (Å²) in [5.74, 6) is 2.57. The van der Waals surface area contributed by atoms with Crippen molar-refractivity contribution in [3.05, 3.63) is 65.7 Å². The summed E-state index contributed by atoms with van der Waals surface area (Å²) in [4.78, 5) is 0. The highest BCUT2D eigenvalue weighted by molar-refractivity contribution is 6.00. The first kappa shape index (κ1) is 13.5. The van der Waals surface area contributed by atoms with Crippen LogP contribution in [0.2, 0.25) is 0 Å². The monoisotopic (exact) mass is 316 g/mol. The van der Waals surface area contributed by atoms with Gasteiger partial charge in [0.25, 0.3) is 0 Å². The Labute approximate surface area is 140 Å². The van der Waals surface area contributed by atoms with Crippen molar-refractivity contribution in [3.63, 3.8) is 0 Å². The van der Waals surface area contributed by atoms with E-state index < -0.39 is 0 Å². The van der Waals surface area contributed by atoms with Gasteiger partial charge < -0.3 is 14.2 Å². The smallest absolute Gasteiger partial charge is 0.158 e. The molecule has 5 rings (SSSR count). The average molecular weight is 316 g/mol. The van der Waals surface area contributed by atoms with E-state index >= 15 is 0 Å². The summed E-state index contributed by atoms with van der Waals surface area (Å²) in [6.45, 7) is 0.512. The first-order valence-electron chi connectivity index (χ1n) is 8.05. The molecule has 0 fully saturated rings. The summed E-state index contributed by atoms with van der Waals surface area (Å²) in [6, 6.07) is 18.5. The van der Waals surface area contributed by atoms with Crippen molar-refractivity contribution in [2.45, 2.75) is 6.10 Å². The van der Waals surface area contributed by atoms with E-state index in [0.717, 1.165) is 28.4 Å². The SMILES string of the molecule is COc1ccc2c(c1)OC[C@H]1Oc3ccc4ccccc4c3C=C21. The topological polar surface area (TPSA) is 27.7 Å². The van der Waals surface area contributed by atoms with Gasteiger partial charge in [-0.15, -0.1) is 0 Å². The first-order valence-corrected chi connectivity index (χ1v) is 8.05. The Morgan fingerprint density at radius 2 is 1.92 bits per heavy atom. The summed E-state index contributed by atoms with van der Waals surface area (Å²) in [5, 5.41) is 2.43. The van der Waals surface area contributed by atoms with Crippen LogP contribution in [0.4, 0.5) is 0 Å². The lowest BCUT2D eigenvalue weighted by molar-refractivity contribution is 0.159. The molecule has 0 saturated carbocycles. The van der Waals surface area contributed by atoms with E-state index in [2.05, 4.69) is 42.5 Å². The summed E-state index contributed by atoms with van der Waals surface area (Å²) < 4.78 is 17.4. The molecule has 0 bridgehead atoms. The van der Waals surface area contributed by atoms with E-state index in [1.807, 2.05) is 18.2 Å². The Balaban J connectivity index is 1.73. The molecule has 0 aliphatic carbocycles. The molecule has 2 heterocycles. The van der Waals surface area contributed by atoms with Crippen molar-refractivity contribution in [3.8, 4) is 17.2 Å². The summed E-state index contributed by atoms with van der Waals surface area (Å²) >= 11 is 0. The maximum atomic E-state index is 6.23. The van der Waals surface area contributed by atoms with Crippen molar-refractivity contribution in [2.24, 2.45) is 0 Å². The number of ether oxygens (including phenoxy) is 3. The largest absolute Gasteiger partial charge is 0.497 e. The Bertz CT molecular complexity index is 988. The Morgan fingerprint density at radius 1 is 1.00 bits per heavy atom. The van der Waals surface area contributed by atoms with Gasteiger partial charge in [-0.3, -0.25) is 0 Å². The molecule has 0 saturated heterocycles. The molecule has 3 aromatic carbocycles. The van der Waals surface area contributed by atoms with Crippen LogP contribution in [-0.4, -0.2) is 19.8 Å². The zero-order valence-electron chi connectivity index (χ0n) is 13.3. The lowest BCUT2D eigenvalue weighted by Crippen LogP contribution is -2.32. The fourth-order valence-electron chi connectivity index (χ4n) is 3.52. The lowest BCUT2D eigenvalue weighted by atomic mass is 9.91. The van der Waals surface area contributed by atoms with Gasteiger partial charge in [0.2, 0.25) is 0 Å². The van der Waals surface area contributed by atoms with Gasteiger partial charge in [0.1, 0.15) is 23.9 Å². The fourth-order valence-corrected chi connectivity index (χ4v) is 3.52. The summed E-state index contributed by atoms with van der Waals surface area (Å²) in [6.07, 6.45) is 2.18. The number of hydrogen-bond acceptors (Lipinski definition) is 3. The summed E-state index contributed by atoms with van der Waals surface area (Å²) in [5.41, 5.74) is 3.39. The zero-order valence-corrected chi connectivity index (χ0v) is 13.3. The number of fused-ring (bicyclic) bond motifs is 6. The van der Waals surface area contributed by atoms with Crippen molar-refractivity contribution in [1.29, 1.82) is 0 Å². The van der Waals surface area contributed by atoms with Crippen molar-refractivity contribution < 1.29 is 14.2 Å². The van der Waals surface area contributed by atoms with Crippen LogP contribution in [0, 0.1) is 0 Å². The molecule has 2 aliphatic rings. The van der Waals surface area contributed by atoms with Crippen LogP contribution >= 0.6 is 0 Å². The van der Waals surface area contributed by atoms with Crippen LogP contribution in [-0.2, 0) is 0 Å². The highest BCUT2D eigenvalue weighted by Gasteiger charge is 2.31. The number of methoxy groups -OCH3 is 1. The van der Waals surface area contributed by atoms with Gasteiger partial charge in [-0.1, -0.05) is 30.3 Å². The molecule has 0 spiro atoms. The highest BCUT2D eigenvalue weighted by atomic mass is 16.5. The predicted molar refractivity (Wildman–Crippen MR) is 94.7 cm³/mol. The second-order valence-electron chi connectivity index (χ2n) is 6.08. The molecule has 0 aromatic heterocycles. The molecule has 0 amide bonds. The first-order chi connectivity index (χ1) is 11.8. The van der Waals surface area contributed by atoms with E-state index in [4.69, 9.17) is 14.2 Å². The molecule has 118 valence electrons. The third kappa shape index (κ3) is 1.91. The molecule has 3 nitrogen and oxygen atoms in total. The number of rotatable bonds is 1. The van der Waals surface area contributed by atoms with Gasteiger partial charge in [0.15, 0.2) is 6.10 Å². The summed E-state index contributed by atoms with van der Waals surface area (Å²) in [7, 11) is 1.67. The van der Waals surface area contributed by atoms with Gasteiger partial charge in [-0.2, -0.15) is 0 Å². The molecule has 0 radical (unpaired) electrons. The zero-order chi connectivity index (χ0) is 16.1. The van der Waals surface area contributed by atoms with Crippen LogP contribution < -0.4 is 14.2 Å². The van der Waals surface area contributed by atoms with Crippen LogP contribution in [0.25, 0.3) is 22.4 Å². The van der Waals surface area contributed by atoms with Crippen LogP contribution in [0.15, 0.2) is 54.6 Å². The van der Waals surface area contributed by atoms with Crippen molar-refractivity contribution in [2.75, 3.05) is 13.7 Å². The third-order valence-electron chi connectivity index (χ3n) is 4.74. The van der Waals surface area contributed by atoms with Crippen LogP contribution in [0.1, 0.15) is 11.1 Å². The Kier molecular flexibility index (Phi) is 2.83. The minimum atomic E-state index is -0.0699. The van der Waals surface area contributed by atoms with E-state index in [1.165, 1.54) is 16.3 Å². The normalized spacial score (nSPS) is 17.7. The van der Waals surface area contributed by atoms with Crippen LogP contribution in [0.3, 0.4) is 0 Å². The number of hydrogen-bond donors (Lipinski definition) is 0. The predicted octanol–water partition coefficient (Wildman–Crippen LogP) is 4.54. The second kappa shape index (κ2) is 5.03. The number of benzene rings is 3. The molecular formula is C21H16O3. The Morgan fingerprint density at radius 3 is 2.83 bits per heavy atom. The average Bonchev–Trinajstić information content (AvgIpc) is 2.65. The van der Waals surface area contributed by atoms with E-state index in [9.17, 15) is 0 Å². The van der Waals surface area contributed by atoms with E-state index in [1.54, 1.807) is 7.11 Å². The molecule has 0 N–H and O–H groups in total. The minimum absolute atomic E-state index is 0.0699. The van der Waals surface area contributed by atoms with Gasteiger partial charge in [0.05, 0.1) is 7.11 Å². The quantitative estimate of drug-likeness (QED) is 0.659. The van der Waals surface area contributed by atoms with Gasteiger partial charge >= 0.3 is 0 Å².